The number of carbonyl (C=O) groups excluding carboxylic acids is 1. The van der Waals surface area contributed by atoms with Gasteiger partial charge in [-0.1, -0.05) is 25.1 Å². The van der Waals surface area contributed by atoms with Crippen molar-refractivity contribution in [1.29, 1.82) is 0 Å². The van der Waals surface area contributed by atoms with E-state index in [0.29, 0.717) is 25.2 Å². The largest absolute Gasteiger partial charge is 0.325 e. The Kier molecular flexibility index (Phi) is 7.26. The molecule has 1 aliphatic rings. The van der Waals surface area contributed by atoms with Crippen LogP contribution in [0.1, 0.15) is 38.3 Å². The lowest BCUT2D eigenvalue weighted by molar-refractivity contribution is -0.115. The molecule has 0 aliphatic carbocycles. The van der Waals surface area contributed by atoms with Crippen molar-refractivity contribution in [2.24, 2.45) is 0 Å². The molecular formula is C20H26N4O3S2. The van der Waals surface area contributed by atoms with Crippen molar-refractivity contribution < 1.29 is 13.2 Å². The van der Waals surface area contributed by atoms with Crippen LogP contribution in [0.5, 0.6) is 0 Å². The number of thioether (sulfide) groups is 1. The van der Waals surface area contributed by atoms with Crippen LogP contribution in [0.4, 0.5) is 5.69 Å². The van der Waals surface area contributed by atoms with Crippen LogP contribution in [0, 0.1) is 6.92 Å². The van der Waals surface area contributed by atoms with Crippen LogP contribution in [-0.2, 0) is 14.8 Å². The van der Waals surface area contributed by atoms with Crippen LogP contribution in [0.15, 0.2) is 46.6 Å². The van der Waals surface area contributed by atoms with E-state index in [0.717, 1.165) is 30.0 Å². The van der Waals surface area contributed by atoms with E-state index >= 15 is 0 Å². The summed E-state index contributed by atoms with van der Waals surface area (Å²) in [6.07, 6.45) is 5.00. The minimum atomic E-state index is -3.47. The average molecular weight is 435 g/mol. The maximum atomic E-state index is 12.7. The van der Waals surface area contributed by atoms with Crippen LogP contribution in [0.3, 0.4) is 0 Å². The number of piperidine rings is 1. The molecule has 1 atom stereocenters. The number of nitrogens with one attached hydrogen (secondary N) is 1. The predicted octanol–water partition coefficient (Wildman–Crippen LogP) is 3.47. The summed E-state index contributed by atoms with van der Waals surface area (Å²) in [5.41, 5.74) is 1.42. The second-order valence-electron chi connectivity index (χ2n) is 6.99. The van der Waals surface area contributed by atoms with E-state index in [1.165, 1.54) is 22.4 Å². The lowest BCUT2D eigenvalue weighted by atomic mass is 10.2. The molecule has 0 saturated carbocycles. The van der Waals surface area contributed by atoms with E-state index < -0.39 is 10.0 Å². The molecule has 0 spiro atoms. The molecule has 1 aromatic heterocycles. The number of carbonyl (C=O) groups is 1. The minimum Gasteiger partial charge on any atom is -0.325 e. The van der Waals surface area contributed by atoms with E-state index in [2.05, 4.69) is 15.3 Å². The van der Waals surface area contributed by atoms with Crippen LogP contribution in [0.2, 0.25) is 0 Å². The van der Waals surface area contributed by atoms with Crippen molar-refractivity contribution in [1.82, 2.24) is 14.3 Å². The normalized spacial score (nSPS) is 16.3. The molecule has 0 bridgehead atoms. The quantitative estimate of drug-likeness (QED) is 0.530. The number of rotatable bonds is 7. The number of aromatic nitrogens is 2. The van der Waals surface area contributed by atoms with Crippen molar-refractivity contribution in [3.05, 3.63) is 42.4 Å². The van der Waals surface area contributed by atoms with E-state index in [1.807, 2.05) is 19.9 Å². The summed E-state index contributed by atoms with van der Waals surface area (Å²) in [6, 6.07) is 8.24. The van der Waals surface area contributed by atoms with Crippen molar-refractivity contribution in [3.63, 3.8) is 0 Å². The van der Waals surface area contributed by atoms with Gasteiger partial charge in [-0.15, -0.1) is 0 Å². The molecule has 156 valence electrons. The summed E-state index contributed by atoms with van der Waals surface area (Å²) in [6.45, 7) is 4.96. The highest BCUT2D eigenvalue weighted by molar-refractivity contribution is 8.00. The first-order chi connectivity index (χ1) is 13.9. The third-order valence-electron chi connectivity index (χ3n) is 4.78. The first kappa shape index (κ1) is 21.7. The third kappa shape index (κ3) is 5.55. The first-order valence-electron chi connectivity index (χ1n) is 9.76. The Balaban J connectivity index is 1.65. The van der Waals surface area contributed by atoms with Crippen LogP contribution >= 0.6 is 11.8 Å². The van der Waals surface area contributed by atoms with E-state index in [4.69, 9.17) is 0 Å². The third-order valence-corrected chi connectivity index (χ3v) is 7.99. The number of benzene rings is 1. The smallest absolute Gasteiger partial charge is 0.243 e. The molecule has 1 unspecified atom stereocenters. The second-order valence-corrected chi connectivity index (χ2v) is 10.2. The fraction of sp³-hybridized carbons (Fsp3) is 0.450. The van der Waals surface area contributed by atoms with Gasteiger partial charge in [-0.3, -0.25) is 4.79 Å². The number of hydrogen-bond donors (Lipinski definition) is 1. The standard InChI is InChI=1S/C20H26N4O3S2/c1-3-18(28-19-13-15(2)21-14-22-19)20(25)23-16-7-9-17(10-8-16)29(26,27)24-11-5-4-6-12-24/h7-10,13-14,18H,3-6,11-12H2,1-2H3,(H,23,25). The number of amides is 1. The van der Waals surface area contributed by atoms with Gasteiger partial charge in [-0.2, -0.15) is 4.31 Å². The van der Waals surface area contributed by atoms with Crippen molar-refractivity contribution in [3.8, 4) is 0 Å². The minimum absolute atomic E-state index is 0.139. The molecule has 1 aromatic carbocycles. The van der Waals surface area contributed by atoms with Gasteiger partial charge in [-0.25, -0.2) is 18.4 Å². The zero-order chi connectivity index (χ0) is 20.9. The molecule has 1 amide bonds. The molecule has 1 N–H and O–H groups in total. The van der Waals surface area contributed by atoms with Gasteiger partial charge in [-0.05, 0) is 56.5 Å². The van der Waals surface area contributed by atoms with Crippen molar-refractivity contribution >= 4 is 33.4 Å². The van der Waals surface area contributed by atoms with Gasteiger partial charge in [0, 0.05) is 24.5 Å². The molecule has 2 heterocycles. The van der Waals surface area contributed by atoms with Gasteiger partial charge >= 0.3 is 0 Å². The Morgan fingerprint density at radius 3 is 2.48 bits per heavy atom. The molecule has 29 heavy (non-hydrogen) atoms. The fourth-order valence-corrected chi connectivity index (χ4v) is 5.64. The van der Waals surface area contributed by atoms with Crippen LogP contribution in [-0.4, -0.2) is 46.9 Å². The Bertz CT molecular complexity index is 942. The zero-order valence-corrected chi connectivity index (χ0v) is 18.3. The van der Waals surface area contributed by atoms with E-state index in [-0.39, 0.29) is 16.1 Å². The molecular weight excluding hydrogens is 408 g/mol. The summed E-state index contributed by atoms with van der Waals surface area (Å²) >= 11 is 1.39. The molecule has 2 aromatic rings. The van der Waals surface area contributed by atoms with Gasteiger partial charge in [0.05, 0.1) is 10.1 Å². The topological polar surface area (TPSA) is 92.3 Å². The SMILES string of the molecule is CCC(Sc1cc(C)ncn1)C(=O)Nc1ccc(S(=O)(=O)N2CCCCC2)cc1. The van der Waals surface area contributed by atoms with Gasteiger partial charge in [0.1, 0.15) is 11.4 Å². The second kappa shape index (κ2) is 9.69. The molecule has 7 nitrogen and oxygen atoms in total. The lowest BCUT2D eigenvalue weighted by Crippen LogP contribution is -2.35. The van der Waals surface area contributed by atoms with E-state index in [1.54, 1.807) is 24.3 Å². The summed E-state index contributed by atoms with van der Waals surface area (Å²) < 4.78 is 27.0. The molecule has 1 fully saturated rings. The molecule has 1 saturated heterocycles. The van der Waals surface area contributed by atoms with Gasteiger partial charge in [0.15, 0.2) is 0 Å². The number of sulfonamides is 1. The highest BCUT2D eigenvalue weighted by Gasteiger charge is 2.26. The maximum absolute atomic E-state index is 12.7. The Morgan fingerprint density at radius 1 is 1.17 bits per heavy atom. The summed E-state index contributed by atoms with van der Waals surface area (Å²) in [4.78, 5) is 21.2. The van der Waals surface area contributed by atoms with Crippen molar-refractivity contribution in [2.75, 3.05) is 18.4 Å². The predicted molar refractivity (Wildman–Crippen MR) is 114 cm³/mol. The summed E-state index contributed by atoms with van der Waals surface area (Å²) in [7, 11) is -3.47. The first-order valence-corrected chi connectivity index (χ1v) is 12.1. The molecule has 1 aliphatic heterocycles. The van der Waals surface area contributed by atoms with Gasteiger partial charge < -0.3 is 5.32 Å². The number of hydrogen-bond acceptors (Lipinski definition) is 6. The number of anilines is 1. The molecule has 0 radical (unpaired) electrons. The van der Waals surface area contributed by atoms with Crippen LogP contribution in [0.25, 0.3) is 0 Å². The Morgan fingerprint density at radius 2 is 1.86 bits per heavy atom. The zero-order valence-electron chi connectivity index (χ0n) is 16.7. The monoisotopic (exact) mass is 434 g/mol. The Hall–Kier alpha value is -1.97. The summed E-state index contributed by atoms with van der Waals surface area (Å²) in [5.74, 6) is -0.139. The summed E-state index contributed by atoms with van der Waals surface area (Å²) in [5, 5.41) is 3.32. The average Bonchev–Trinajstić information content (AvgIpc) is 2.73. The molecule has 9 heteroatoms. The highest BCUT2D eigenvalue weighted by Crippen LogP contribution is 2.26. The highest BCUT2D eigenvalue weighted by atomic mass is 32.2. The fourth-order valence-electron chi connectivity index (χ4n) is 3.15. The van der Waals surface area contributed by atoms with Gasteiger partial charge in [0.2, 0.25) is 15.9 Å². The van der Waals surface area contributed by atoms with Gasteiger partial charge in [0.25, 0.3) is 0 Å². The Labute approximate surface area is 176 Å². The maximum Gasteiger partial charge on any atom is 0.243 e. The van der Waals surface area contributed by atoms with Crippen molar-refractivity contribution in [2.45, 2.75) is 54.7 Å². The van der Waals surface area contributed by atoms with Crippen LogP contribution < -0.4 is 5.32 Å². The number of nitrogens with zero attached hydrogens (tertiary/aromatic N) is 3. The number of aryl methyl sites for hydroxylation is 1. The van der Waals surface area contributed by atoms with E-state index in [9.17, 15) is 13.2 Å². The lowest BCUT2D eigenvalue weighted by Gasteiger charge is -2.25. The molecule has 3 rings (SSSR count).